The molecule has 0 aliphatic rings. The molecular weight excluding hydrogens is 437 g/mol. The van der Waals surface area contributed by atoms with Gasteiger partial charge in [0.15, 0.2) is 5.82 Å². The van der Waals surface area contributed by atoms with Crippen molar-refractivity contribution < 1.29 is 0 Å². The van der Waals surface area contributed by atoms with Gasteiger partial charge in [-0.2, -0.15) is 5.10 Å². The quantitative estimate of drug-likeness (QED) is 0.278. The van der Waals surface area contributed by atoms with E-state index in [1.54, 1.807) is 0 Å². The van der Waals surface area contributed by atoms with Crippen molar-refractivity contribution in [1.82, 2.24) is 9.78 Å². The van der Waals surface area contributed by atoms with E-state index in [9.17, 15) is 0 Å². The number of aliphatic imine (C=N–C) groups is 1. The summed E-state index contributed by atoms with van der Waals surface area (Å²) in [7, 11) is 0. The summed E-state index contributed by atoms with van der Waals surface area (Å²) >= 11 is 12.2. The molecule has 3 aromatic carbocycles. The lowest BCUT2D eigenvalue weighted by Crippen LogP contribution is -2.15. The molecule has 0 radical (unpaired) electrons. The second-order valence-corrected chi connectivity index (χ2v) is 9.63. The average Bonchev–Trinajstić information content (AvgIpc) is 3.14. The highest BCUT2D eigenvalue weighted by atomic mass is 35.5. The normalized spacial score (nSPS) is 11.9. The van der Waals surface area contributed by atoms with E-state index in [1.165, 1.54) is 0 Å². The first-order valence-corrected chi connectivity index (χ1v) is 11.3. The Balaban J connectivity index is 1.88. The molecule has 0 saturated heterocycles. The van der Waals surface area contributed by atoms with E-state index in [0.29, 0.717) is 11.4 Å². The van der Waals surface area contributed by atoms with Crippen molar-refractivity contribution in [2.45, 2.75) is 32.6 Å². The van der Waals surface area contributed by atoms with Crippen LogP contribution in [0.1, 0.15) is 43.2 Å². The SMILES string of the molecule is CC(C)(C)c1nn(-c2ccccc2)c(/N=C/c2ccc(Cl)cc2)c1Cc1ccc(Cl)cc1. The van der Waals surface area contributed by atoms with Crippen LogP contribution in [0, 0.1) is 0 Å². The minimum absolute atomic E-state index is 0.146. The Labute approximate surface area is 199 Å². The maximum atomic E-state index is 6.11. The van der Waals surface area contributed by atoms with Crippen LogP contribution in [-0.2, 0) is 11.8 Å². The summed E-state index contributed by atoms with van der Waals surface area (Å²) < 4.78 is 1.94. The van der Waals surface area contributed by atoms with Gasteiger partial charge in [0.05, 0.1) is 11.4 Å². The van der Waals surface area contributed by atoms with E-state index in [0.717, 1.165) is 38.9 Å². The predicted molar refractivity (Wildman–Crippen MR) is 135 cm³/mol. The third kappa shape index (κ3) is 5.12. The molecule has 0 fully saturated rings. The maximum Gasteiger partial charge on any atom is 0.159 e. The van der Waals surface area contributed by atoms with Gasteiger partial charge < -0.3 is 0 Å². The number of aromatic nitrogens is 2. The van der Waals surface area contributed by atoms with Crippen molar-refractivity contribution in [1.29, 1.82) is 0 Å². The van der Waals surface area contributed by atoms with Crippen LogP contribution in [0.5, 0.6) is 0 Å². The van der Waals surface area contributed by atoms with Crippen molar-refractivity contribution in [3.05, 3.63) is 111 Å². The molecule has 162 valence electrons. The Hall–Kier alpha value is -2.88. The van der Waals surface area contributed by atoms with E-state index in [4.69, 9.17) is 33.3 Å². The molecule has 0 N–H and O–H groups in total. The van der Waals surface area contributed by atoms with Gasteiger partial charge in [-0.15, -0.1) is 0 Å². The Morgan fingerprint density at radius 3 is 2.03 bits per heavy atom. The van der Waals surface area contributed by atoms with Crippen LogP contribution in [0.4, 0.5) is 5.82 Å². The van der Waals surface area contributed by atoms with Gasteiger partial charge in [-0.05, 0) is 47.5 Å². The first kappa shape index (κ1) is 22.3. The molecule has 0 spiro atoms. The van der Waals surface area contributed by atoms with Crippen LogP contribution in [-0.4, -0.2) is 16.0 Å². The Morgan fingerprint density at radius 2 is 1.44 bits per heavy atom. The summed E-state index contributed by atoms with van der Waals surface area (Å²) in [6.07, 6.45) is 2.58. The second-order valence-electron chi connectivity index (χ2n) is 8.76. The second kappa shape index (κ2) is 9.32. The Kier molecular flexibility index (Phi) is 6.50. The van der Waals surface area contributed by atoms with Crippen molar-refractivity contribution in [3.8, 4) is 5.69 Å². The molecule has 1 aromatic heterocycles. The average molecular weight is 462 g/mol. The Morgan fingerprint density at radius 1 is 0.844 bits per heavy atom. The fourth-order valence-corrected chi connectivity index (χ4v) is 3.83. The number of rotatable bonds is 5. The summed E-state index contributed by atoms with van der Waals surface area (Å²) in [6.45, 7) is 6.55. The molecule has 4 aromatic rings. The van der Waals surface area contributed by atoms with Gasteiger partial charge in [0, 0.05) is 33.7 Å². The summed E-state index contributed by atoms with van der Waals surface area (Å²) in [5.41, 5.74) is 5.10. The minimum atomic E-state index is -0.146. The number of hydrogen-bond donors (Lipinski definition) is 0. The highest BCUT2D eigenvalue weighted by molar-refractivity contribution is 6.30. The smallest absolute Gasteiger partial charge is 0.159 e. The summed E-state index contributed by atoms with van der Waals surface area (Å²) in [5, 5.41) is 6.48. The topological polar surface area (TPSA) is 30.2 Å². The molecule has 0 bridgehead atoms. The van der Waals surface area contributed by atoms with E-state index in [1.807, 2.05) is 77.6 Å². The van der Waals surface area contributed by atoms with Gasteiger partial charge in [-0.25, -0.2) is 9.67 Å². The molecule has 3 nitrogen and oxygen atoms in total. The number of benzene rings is 3. The molecule has 4 rings (SSSR count). The first-order chi connectivity index (χ1) is 15.3. The maximum absolute atomic E-state index is 6.11. The lowest BCUT2D eigenvalue weighted by atomic mass is 9.87. The van der Waals surface area contributed by atoms with Crippen molar-refractivity contribution >= 4 is 35.2 Å². The van der Waals surface area contributed by atoms with Crippen LogP contribution in [0.2, 0.25) is 10.0 Å². The molecule has 5 heteroatoms. The molecule has 0 atom stereocenters. The molecule has 0 amide bonds. The zero-order valence-electron chi connectivity index (χ0n) is 18.4. The van der Waals surface area contributed by atoms with Gasteiger partial charge in [0.1, 0.15) is 0 Å². The zero-order valence-corrected chi connectivity index (χ0v) is 19.9. The largest absolute Gasteiger partial charge is 0.236 e. The van der Waals surface area contributed by atoms with Gasteiger partial charge in [-0.3, -0.25) is 0 Å². The van der Waals surface area contributed by atoms with E-state index in [-0.39, 0.29) is 5.41 Å². The number of halogens is 2. The number of nitrogens with zero attached hydrogens (tertiary/aromatic N) is 3. The van der Waals surface area contributed by atoms with E-state index in [2.05, 4.69) is 32.9 Å². The van der Waals surface area contributed by atoms with E-state index < -0.39 is 0 Å². The molecule has 0 saturated carbocycles. The molecule has 32 heavy (non-hydrogen) atoms. The molecule has 0 aliphatic carbocycles. The molecular formula is C27H25Cl2N3. The highest BCUT2D eigenvalue weighted by Gasteiger charge is 2.27. The van der Waals surface area contributed by atoms with Gasteiger partial charge in [0.25, 0.3) is 0 Å². The summed E-state index contributed by atoms with van der Waals surface area (Å²) in [5.74, 6) is 0.825. The minimum Gasteiger partial charge on any atom is -0.236 e. The van der Waals surface area contributed by atoms with Gasteiger partial charge in [0.2, 0.25) is 0 Å². The molecule has 1 heterocycles. The third-order valence-corrected chi connectivity index (χ3v) is 5.67. The molecule has 0 aliphatic heterocycles. The highest BCUT2D eigenvalue weighted by Crippen LogP contribution is 2.35. The number of para-hydroxylation sites is 1. The summed E-state index contributed by atoms with van der Waals surface area (Å²) in [4.78, 5) is 4.94. The van der Waals surface area contributed by atoms with Crippen molar-refractivity contribution in [2.24, 2.45) is 4.99 Å². The summed E-state index contributed by atoms with van der Waals surface area (Å²) in [6, 6.07) is 25.7. The molecule has 0 unspecified atom stereocenters. The van der Waals surface area contributed by atoms with Crippen LogP contribution < -0.4 is 0 Å². The fourth-order valence-electron chi connectivity index (χ4n) is 3.58. The fraction of sp³-hybridized carbons (Fsp3) is 0.185. The monoisotopic (exact) mass is 461 g/mol. The van der Waals surface area contributed by atoms with Gasteiger partial charge >= 0.3 is 0 Å². The van der Waals surface area contributed by atoms with Crippen LogP contribution >= 0.6 is 23.2 Å². The lowest BCUT2D eigenvalue weighted by Gasteiger charge is -2.17. The predicted octanol–water partition coefficient (Wildman–Crippen LogP) is 7.82. The van der Waals surface area contributed by atoms with Crippen LogP contribution in [0.3, 0.4) is 0 Å². The van der Waals surface area contributed by atoms with E-state index >= 15 is 0 Å². The standard InChI is InChI=1S/C27H25Cl2N3/c1-27(2,3)25-24(17-19-9-13-21(28)14-10-19)26(30-18-20-11-15-22(29)16-12-20)32(31-25)23-7-5-4-6-8-23/h4-16,18H,17H2,1-3H3/b30-18+. The first-order valence-electron chi connectivity index (χ1n) is 10.5. The van der Waals surface area contributed by atoms with Crippen molar-refractivity contribution in [3.63, 3.8) is 0 Å². The Bertz CT molecular complexity index is 1220. The van der Waals surface area contributed by atoms with Gasteiger partial charge in [-0.1, -0.05) is 86.4 Å². The lowest BCUT2D eigenvalue weighted by molar-refractivity contribution is 0.556. The van der Waals surface area contributed by atoms with Crippen LogP contribution in [0.25, 0.3) is 5.69 Å². The van der Waals surface area contributed by atoms with Crippen molar-refractivity contribution in [2.75, 3.05) is 0 Å². The third-order valence-electron chi connectivity index (χ3n) is 5.17. The van der Waals surface area contributed by atoms with Crippen LogP contribution in [0.15, 0.2) is 83.9 Å². The zero-order chi connectivity index (χ0) is 22.7. The number of hydrogen-bond acceptors (Lipinski definition) is 2.